The number of pyridine rings is 1. The number of carbonyl (C=O) groups excluding carboxylic acids is 1. The molecule has 124 valence electrons. The Morgan fingerprint density at radius 2 is 2.13 bits per heavy atom. The fourth-order valence-electron chi connectivity index (χ4n) is 1.58. The highest BCUT2D eigenvalue weighted by molar-refractivity contribution is 5.81. The monoisotopic (exact) mass is 331 g/mol. The van der Waals surface area contributed by atoms with Crippen LogP contribution in [0, 0.1) is 27.4 Å². The predicted octanol–water partition coefficient (Wildman–Crippen LogP) is 2.81. The largest absolute Gasteiger partial charge is 0.464 e. The SMILES string of the molecule is CC(C)COC(=O)C(C#N)c1ncc([N+](=O)[O-])cc1C(F)(F)F. The van der Waals surface area contributed by atoms with Crippen molar-refractivity contribution in [2.24, 2.45) is 5.92 Å². The number of hydrogen-bond acceptors (Lipinski definition) is 6. The van der Waals surface area contributed by atoms with Crippen LogP contribution in [-0.2, 0) is 15.7 Å². The molecule has 0 saturated heterocycles. The Bertz CT molecular complexity index is 653. The maximum absolute atomic E-state index is 13.0. The van der Waals surface area contributed by atoms with Crippen LogP contribution in [0.15, 0.2) is 12.3 Å². The first-order valence-electron chi connectivity index (χ1n) is 6.35. The summed E-state index contributed by atoms with van der Waals surface area (Å²) < 4.78 is 43.9. The highest BCUT2D eigenvalue weighted by Gasteiger charge is 2.40. The van der Waals surface area contributed by atoms with Crippen molar-refractivity contribution in [2.75, 3.05) is 6.61 Å². The van der Waals surface area contributed by atoms with Crippen molar-refractivity contribution in [3.8, 4) is 6.07 Å². The van der Waals surface area contributed by atoms with Crippen molar-refractivity contribution in [3.63, 3.8) is 0 Å². The normalized spacial score (nSPS) is 12.6. The molecule has 1 atom stereocenters. The molecule has 0 N–H and O–H groups in total. The average molecular weight is 331 g/mol. The molecule has 0 radical (unpaired) electrons. The summed E-state index contributed by atoms with van der Waals surface area (Å²) in [5.41, 5.74) is -3.33. The summed E-state index contributed by atoms with van der Waals surface area (Å²) in [6.07, 6.45) is -4.45. The van der Waals surface area contributed by atoms with Crippen molar-refractivity contribution in [1.82, 2.24) is 4.98 Å². The minimum absolute atomic E-state index is 0.0780. The number of halogens is 3. The first-order valence-corrected chi connectivity index (χ1v) is 6.35. The Balaban J connectivity index is 3.30. The molecule has 7 nitrogen and oxygen atoms in total. The van der Waals surface area contributed by atoms with Gasteiger partial charge in [0.15, 0.2) is 5.92 Å². The van der Waals surface area contributed by atoms with Crippen molar-refractivity contribution < 1.29 is 27.6 Å². The van der Waals surface area contributed by atoms with E-state index < -0.39 is 39.9 Å². The molecule has 0 aliphatic heterocycles. The van der Waals surface area contributed by atoms with Crippen LogP contribution in [0.5, 0.6) is 0 Å². The molecule has 0 aliphatic rings. The Kier molecular flexibility index (Phi) is 5.62. The fraction of sp³-hybridized carbons (Fsp3) is 0.462. The predicted molar refractivity (Wildman–Crippen MR) is 70.0 cm³/mol. The van der Waals surface area contributed by atoms with Crippen LogP contribution < -0.4 is 0 Å². The van der Waals surface area contributed by atoms with E-state index >= 15 is 0 Å². The van der Waals surface area contributed by atoms with Gasteiger partial charge in [-0.05, 0) is 5.92 Å². The van der Waals surface area contributed by atoms with Crippen LogP contribution in [0.25, 0.3) is 0 Å². The zero-order chi connectivity index (χ0) is 17.8. The van der Waals surface area contributed by atoms with Gasteiger partial charge in [0.25, 0.3) is 5.69 Å². The topological polar surface area (TPSA) is 106 Å². The Morgan fingerprint density at radius 1 is 1.52 bits per heavy atom. The smallest absolute Gasteiger partial charge is 0.418 e. The van der Waals surface area contributed by atoms with E-state index in [0.29, 0.717) is 6.20 Å². The molecule has 0 fully saturated rings. The summed E-state index contributed by atoms with van der Waals surface area (Å²) in [5, 5.41) is 19.6. The minimum atomic E-state index is -5.01. The summed E-state index contributed by atoms with van der Waals surface area (Å²) in [4.78, 5) is 24.6. The number of aromatic nitrogens is 1. The first kappa shape index (κ1) is 18.3. The molecule has 10 heteroatoms. The fourth-order valence-corrected chi connectivity index (χ4v) is 1.58. The Morgan fingerprint density at radius 3 is 2.57 bits per heavy atom. The van der Waals surface area contributed by atoms with Gasteiger partial charge in [0.2, 0.25) is 0 Å². The van der Waals surface area contributed by atoms with Gasteiger partial charge < -0.3 is 4.74 Å². The number of esters is 1. The van der Waals surface area contributed by atoms with Crippen LogP contribution >= 0.6 is 0 Å². The second kappa shape index (κ2) is 7.04. The van der Waals surface area contributed by atoms with Crippen LogP contribution in [0.2, 0.25) is 0 Å². The second-order valence-electron chi connectivity index (χ2n) is 4.97. The van der Waals surface area contributed by atoms with E-state index in [4.69, 9.17) is 10.00 Å². The molecular weight excluding hydrogens is 319 g/mol. The highest BCUT2D eigenvalue weighted by Crippen LogP contribution is 2.36. The Labute approximate surface area is 128 Å². The van der Waals surface area contributed by atoms with Gasteiger partial charge in [-0.1, -0.05) is 13.8 Å². The Hall–Kier alpha value is -2.70. The molecule has 0 amide bonds. The maximum atomic E-state index is 13.0. The van der Waals surface area contributed by atoms with E-state index in [-0.39, 0.29) is 18.6 Å². The lowest BCUT2D eigenvalue weighted by molar-refractivity contribution is -0.385. The standard InChI is InChI=1S/C13H12F3N3O4/c1-7(2)6-23-12(20)9(4-17)11-10(13(14,15)16)3-8(5-18-11)19(21)22/h3,5,7,9H,6H2,1-2H3. The highest BCUT2D eigenvalue weighted by atomic mass is 19.4. The third-order valence-electron chi connectivity index (χ3n) is 2.62. The van der Waals surface area contributed by atoms with Crippen LogP contribution in [0.3, 0.4) is 0 Å². The molecule has 0 saturated carbocycles. The minimum Gasteiger partial charge on any atom is -0.464 e. The number of alkyl halides is 3. The average Bonchev–Trinajstić information content (AvgIpc) is 2.44. The number of hydrogen-bond donors (Lipinski definition) is 0. The first-order chi connectivity index (χ1) is 10.6. The zero-order valence-electron chi connectivity index (χ0n) is 12.1. The summed E-state index contributed by atoms with van der Waals surface area (Å²) in [7, 11) is 0. The number of ether oxygens (including phenoxy) is 1. The van der Waals surface area contributed by atoms with E-state index in [2.05, 4.69) is 4.98 Å². The molecule has 0 spiro atoms. The molecule has 1 aromatic rings. The van der Waals surface area contributed by atoms with Gasteiger partial charge in [-0.15, -0.1) is 0 Å². The zero-order valence-corrected chi connectivity index (χ0v) is 12.1. The number of nitriles is 1. The molecule has 0 aromatic carbocycles. The van der Waals surface area contributed by atoms with Gasteiger partial charge in [0.1, 0.15) is 6.20 Å². The number of rotatable bonds is 5. The van der Waals surface area contributed by atoms with E-state index in [1.165, 1.54) is 6.07 Å². The van der Waals surface area contributed by atoms with Crippen molar-refractivity contribution in [2.45, 2.75) is 25.9 Å². The third-order valence-corrected chi connectivity index (χ3v) is 2.62. The van der Waals surface area contributed by atoms with Crippen molar-refractivity contribution in [3.05, 3.63) is 33.6 Å². The third kappa shape index (κ3) is 4.64. The van der Waals surface area contributed by atoms with Gasteiger partial charge >= 0.3 is 12.1 Å². The number of carbonyl (C=O) groups is 1. The van der Waals surface area contributed by atoms with Gasteiger partial charge in [-0.2, -0.15) is 18.4 Å². The molecular formula is C13H12F3N3O4. The lowest BCUT2D eigenvalue weighted by Crippen LogP contribution is -2.22. The van der Waals surface area contributed by atoms with Crippen molar-refractivity contribution in [1.29, 1.82) is 5.26 Å². The molecule has 0 bridgehead atoms. The number of nitro groups is 1. The molecule has 23 heavy (non-hydrogen) atoms. The summed E-state index contributed by atoms with van der Waals surface area (Å²) in [5.74, 6) is -3.19. The molecule has 1 unspecified atom stereocenters. The van der Waals surface area contributed by atoms with Crippen LogP contribution in [-0.4, -0.2) is 22.5 Å². The summed E-state index contributed by atoms with van der Waals surface area (Å²) >= 11 is 0. The molecule has 1 aromatic heterocycles. The summed E-state index contributed by atoms with van der Waals surface area (Å²) in [6.45, 7) is 3.34. The summed E-state index contributed by atoms with van der Waals surface area (Å²) in [6, 6.07) is 1.63. The van der Waals surface area contributed by atoms with Crippen molar-refractivity contribution >= 4 is 11.7 Å². The van der Waals surface area contributed by atoms with E-state index in [0.717, 1.165) is 0 Å². The van der Waals surface area contributed by atoms with E-state index in [9.17, 15) is 28.1 Å². The van der Waals surface area contributed by atoms with Crippen LogP contribution in [0.4, 0.5) is 18.9 Å². The van der Waals surface area contributed by atoms with Gasteiger partial charge in [-0.3, -0.25) is 19.9 Å². The van der Waals surface area contributed by atoms with Gasteiger partial charge in [0, 0.05) is 6.07 Å². The molecule has 1 rings (SSSR count). The van der Waals surface area contributed by atoms with Gasteiger partial charge in [0.05, 0.1) is 28.9 Å². The molecule has 0 aliphatic carbocycles. The maximum Gasteiger partial charge on any atom is 0.418 e. The van der Waals surface area contributed by atoms with Gasteiger partial charge in [-0.25, -0.2) is 0 Å². The number of nitrogens with zero attached hydrogens (tertiary/aromatic N) is 3. The lowest BCUT2D eigenvalue weighted by atomic mass is 10.0. The molecule has 1 heterocycles. The quantitative estimate of drug-likeness (QED) is 0.466. The van der Waals surface area contributed by atoms with E-state index in [1.54, 1.807) is 13.8 Å². The van der Waals surface area contributed by atoms with Crippen LogP contribution in [0.1, 0.15) is 31.0 Å². The second-order valence-corrected chi connectivity index (χ2v) is 4.97. The lowest BCUT2D eigenvalue weighted by Gasteiger charge is -2.15. The van der Waals surface area contributed by atoms with E-state index in [1.807, 2.05) is 0 Å².